The summed E-state index contributed by atoms with van der Waals surface area (Å²) in [4.78, 5) is 23.4. The van der Waals surface area contributed by atoms with Crippen LogP contribution in [0.5, 0.6) is 5.75 Å². The second-order valence-electron chi connectivity index (χ2n) is 6.28. The molecule has 1 heterocycles. The predicted octanol–water partition coefficient (Wildman–Crippen LogP) is 3.50. The lowest BCUT2D eigenvalue weighted by Gasteiger charge is -2.16. The van der Waals surface area contributed by atoms with Gasteiger partial charge >= 0.3 is 5.97 Å². The van der Waals surface area contributed by atoms with Gasteiger partial charge in [0.2, 0.25) is 0 Å². The number of anilines is 1. The summed E-state index contributed by atoms with van der Waals surface area (Å²) in [5.41, 5.74) is 2.11. The number of benzene rings is 2. The molecular weight excluding hydrogens is 334 g/mol. The van der Waals surface area contributed by atoms with Crippen LogP contribution in [0.2, 0.25) is 0 Å². The molecule has 0 aromatic heterocycles. The molecule has 2 N–H and O–H groups in total. The third-order valence-electron chi connectivity index (χ3n) is 4.23. The molecule has 1 unspecified atom stereocenters. The third-order valence-corrected chi connectivity index (χ3v) is 4.23. The summed E-state index contributed by atoms with van der Waals surface area (Å²) in [5.74, 6) is -0.760. The van der Waals surface area contributed by atoms with Crippen molar-refractivity contribution in [3.05, 3.63) is 59.2 Å². The van der Waals surface area contributed by atoms with Crippen LogP contribution in [0.1, 0.15) is 39.1 Å². The molecule has 1 aliphatic heterocycles. The standard InChI is InChI=1S/C20H21NO5/c1-13-4-9-17(18(11-13)26-12-16-3-2-10-25-16)21-19(22)14-5-7-15(8-6-14)20(23)24/h4-9,11,16H,2-3,10,12H2,1H3,(H,21,22)(H,23,24). The zero-order valence-corrected chi connectivity index (χ0v) is 14.5. The average Bonchev–Trinajstić information content (AvgIpc) is 3.15. The minimum Gasteiger partial charge on any atom is -0.489 e. The second kappa shape index (κ2) is 8.01. The van der Waals surface area contributed by atoms with Crippen molar-refractivity contribution in [2.45, 2.75) is 25.9 Å². The van der Waals surface area contributed by atoms with Crippen molar-refractivity contribution in [2.75, 3.05) is 18.5 Å². The number of aromatic carboxylic acids is 1. The molecule has 0 spiro atoms. The first kappa shape index (κ1) is 17.9. The maximum atomic E-state index is 12.5. The van der Waals surface area contributed by atoms with E-state index in [-0.39, 0.29) is 17.6 Å². The Balaban J connectivity index is 1.71. The SMILES string of the molecule is Cc1ccc(NC(=O)c2ccc(C(=O)O)cc2)c(OCC2CCCO2)c1. The molecule has 1 atom stereocenters. The Morgan fingerprint density at radius 1 is 1.19 bits per heavy atom. The number of hydrogen-bond acceptors (Lipinski definition) is 4. The summed E-state index contributed by atoms with van der Waals surface area (Å²) >= 11 is 0. The smallest absolute Gasteiger partial charge is 0.335 e. The first-order chi connectivity index (χ1) is 12.5. The van der Waals surface area contributed by atoms with Crippen LogP contribution >= 0.6 is 0 Å². The number of nitrogens with one attached hydrogen (secondary N) is 1. The van der Waals surface area contributed by atoms with Gasteiger partial charge in [-0.15, -0.1) is 0 Å². The first-order valence-electron chi connectivity index (χ1n) is 8.52. The van der Waals surface area contributed by atoms with Gasteiger partial charge in [-0.3, -0.25) is 4.79 Å². The molecule has 6 nitrogen and oxygen atoms in total. The Morgan fingerprint density at radius 2 is 1.92 bits per heavy atom. The van der Waals surface area contributed by atoms with Crippen LogP contribution < -0.4 is 10.1 Å². The third kappa shape index (κ3) is 4.40. The molecule has 0 radical (unpaired) electrons. The van der Waals surface area contributed by atoms with Crippen LogP contribution in [-0.2, 0) is 4.74 Å². The molecule has 1 saturated heterocycles. The molecule has 26 heavy (non-hydrogen) atoms. The van der Waals surface area contributed by atoms with E-state index >= 15 is 0 Å². The van der Waals surface area contributed by atoms with Gasteiger partial charge in [-0.05, 0) is 61.7 Å². The van der Waals surface area contributed by atoms with E-state index in [1.165, 1.54) is 24.3 Å². The van der Waals surface area contributed by atoms with Gasteiger partial charge in [0.25, 0.3) is 5.91 Å². The van der Waals surface area contributed by atoms with Crippen molar-refractivity contribution >= 4 is 17.6 Å². The topological polar surface area (TPSA) is 84.9 Å². The van der Waals surface area contributed by atoms with Crippen LogP contribution in [-0.4, -0.2) is 36.3 Å². The van der Waals surface area contributed by atoms with Gasteiger partial charge in [-0.1, -0.05) is 6.07 Å². The molecule has 0 aliphatic carbocycles. The van der Waals surface area contributed by atoms with Gasteiger partial charge in [-0.25, -0.2) is 4.79 Å². The normalized spacial score (nSPS) is 16.3. The van der Waals surface area contributed by atoms with Gasteiger partial charge in [0, 0.05) is 12.2 Å². The number of hydrogen-bond donors (Lipinski definition) is 2. The molecular formula is C20H21NO5. The lowest BCUT2D eigenvalue weighted by atomic mass is 10.1. The van der Waals surface area contributed by atoms with E-state index in [1.54, 1.807) is 6.07 Å². The number of amides is 1. The lowest BCUT2D eigenvalue weighted by molar-refractivity contribution is 0.0681. The van der Waals surface area contributed by atoms with Crippen LogP contribution in [0, 0.1) is 6.92 Å². The number of aryl methyl sites for hydroxylation is 1. The summed E-state index contributed by atoms with van der Waals surface area (Å²) in [6, 6.07) is 11.3. The van der Waals surface area contributed by atoms with Crippen LogP contribution in [0.4, 0.5) is 5.69 Å². The fourth-order valence-electron chi connectivity index (χ4n) is 2.77. The fraction of sp³-hybridized carbons (Fsp3) is 0.300. The van der Waals surface area contributed by atoms with E-state index in [0.29, 0.717) is 23.6 Å². The Labute approximate surface area is 151 Å². The van der Waals surface area contributed by atoms with Crippen molar-refractivity contribution in [3.8, 4) is 5.75 Å². The Morgan fingerprint density at radius 3 is 2.58 bits per heavy atom. The van der Waals surface area contributed by atoms with Crippen molar-refractivity contribution in [3.63, 3.8) is 0 Å². The Hall–Kier alpha value is -2.86. The molecule has 136 valence electrons. The van der Waals surface area contributed by atoms with Crippen LogP contribution in [0.3, 0.4) is 0 Å². The maximum Gasteiger partial charge on any atom is 0.335 e. The van der Waals surface area contributed by atoms with E-state index in [2.05, 4.69) is 5.32 Å². The highest BCUT2D eigenvalue weighted by molar-refractivity contribution is 6.05. The van der Waals surface area contributed by atoms with Gasteiger partial charge in [-0.2, -0.15) is 0 Å². The zero-order valence-electron chi connectivity index (χ0n) is 14.5. The molecule has 0 saturated carbocycles. The molecule has 2 aromatic rings. The van der Waals surface area contributed by atoms with E-state index in [1.807, 2.05) is 19.1 Å². The molecule has 6 heteroatoms. The first-order valence-corrected chi connectivity index (χ1v) is 8.52. The summed E-state index contributed by atoms with van der Waals surface area (Å²) in [7, 11) is 0. The molecule has 2 aromatic carbocycles. The number of ether oxygens (including phenoxy) is 2. The number of carbonyl (C=O) groups is 2. The van der Waals surface area contributed by atoms with E-state index in [9.17, 15) is 9.59 Å². The molecule has 3 rings (SSSR count). The minimum absolute atomic E-state index is 0.0858. The second-order valence-corrected chi connectivity index (χ2v) is 6.28. The molecule has 1 fully saturated rings. The average molecular weight is 355 g/mol. The molecule has 1 aliphatic rings. The zero-order chi connectivity index (χ0) is 18.5. The summed E-state index contributed by atoms with van der Waals surface area (Å²) in [6.07, 6.45) is 2.10. The highest BCUT2D eigenvalue weighted by Crippen LogP contribution is 2.27. The van der Waals surface area contributed by atoms with Gasteiger partial charge < -0.3 is 19.9 Å². The Bertz CT molecular complexity index is 794. The van der Waals surface area contributed by atoms with Crippen molar-refractivity contribution < 1.29 is 24.2 Å². The van der Waals surface area contributed by atoms with Crippen molar-refractivity contribution in [1.29, 1.82) is 0 Å². The van der Waals surface area contributed by atoms with Crippen molar-refractivity contribution in [1.82, 2.24) is 0 Å². The van der Waals surface area contributed by atoms with Crippen molar-refractivity contribution in [2.24, 2.45) is 0 Å². The maximum absolute atomic E-state index is 12.5. The summed E-state index contributed by atoms with van der Waals surface area (Å²) < 4.78 is 11.4. The largest absolute Gasteiger partial charge is 0.489 e. The number of carboxylic acids is 1. The summed E-state index contributed by atoms with van der Waals surface area (Å²) in [5, 5.41) is 11.8. The number of carbonyl (C=O) groups excluding carboxylic acids is 1. The summed E-state index contributed by atoms with van der Waals surface area (Å²) in [6.45, 7) is 3.16. The monoisotopic (exact) mass is 355 g/mol. The van der Waals surface area contributed by atoms with Gasteiger partial charge in [0.1, 0.15) is 12.4 Å². The van der Waals surface area contributed by atoms with Crippen LogP contribution in [0.25, 0.3) is 0 Å². The van der Waals surface area contributed by atoms with Gasteiger partial charge in [0.15, 0.2) is 0 Å². The quantitative estimate of drug-likeness (QED) is 0.828. The number of rotatable bonds is 6. The van der Waals surface area contributed by atoms with E-state index in [0.717, 1.165) is 25.0 Å². The van der Waals surface area contributed by atoms with Gasteiger partial charge in [0.05, 0.1) is 17.4 Å². The molecule has 1 amide bonds. The van der Waals surface area contributed by atoms with E-state index < -0.39 is 5.97 Å². The highest BCUT2D eigenvalue weighted by Gasteiger charge is 2.17. The Kier molecular flexibility index (Phi) is 5.53. The number of carboxylic acid groups (broad SMARTS) is 1. The molecule has 0 bridgehead atoms. The fourth-order valence-corrected chi connectivity index (χ4v) is 2.77. The minimum atomic E-state index is -1.03. The highest BCUT2D eigenvalue weighted by atomic mass is 16.5. The lowest BCUT2D eigenvalue weighted by Crippen LogP contribution is -2.18. The van der Waals surface area contributed by atoms with Crippen LogP contribution in [0.15, 0.2) is 42.5 Å². The van der Waals surface area contributed by atoms with E-state index in [4.69, 9.17) is 14.6 Å². The predicted molar refractivity (Wildman–Crippen MR) is 97.0 cm³/mol.